The fraction of sp³-hybridized carbons (Fsp3) is 0.889. The van der Waals surface area contributed by atoms with E-state index < -0.39 is 0 Å². The van der Waals surface area contributed by atoms with Gasteiger partial charge >= 0.3 is 6.03 Å². The van der Waals surface area contributed by atoms with Crippen LogP contribution in [0.1, 0.15) is 25.7 Å². The van der Waals surface area contributed by atoms with Gasteiger partial charge in [-0.2, -0.15) is 11.8 Å². The number of hydrogen-bond donors (Lipinski definition) is 4. The van der Waals surface area contributed by atoms with Crippen molar-refractivity contribution in [1.29, 1.82) is 0 Å². The molecule has 2 aliphatic heterocycles. The summed E-state index contributed by atoms with van der Waals surface area (Å²) in [5, 5.41) is 17.8. The molecule has 0 spiro atoms. The average Bonchev–Trinajstić information content (AvgIpc) is 3.22. The zero-order chi connectivity index (χ0) is 20.0. The summed E-state index contributed by atoms with van der Waals surface area (Å²) >= 11 is 1.90. The second kappa shape index (κ2) is 14.0. The van der Waals surface area contributed by atoms with Gasteiger partial charge in [-0.05, 0) is 12.8 Å². The summed E-state index contributed by atoms with van der Waals surface area (Å²) in [5.74, 6) is 1.02. The molecule has 2 heterocycles. The Bertz CT molecular complexity index is 471. The molecule has 28 heavy (non-hydrogen) atoms. The van der Waals surface area contributed by atoms with Crippen molar-refractivity contribution in [3.05, 3.63) is 0 Å². The molecule has 0 unspecified atom stereocenters. The molecular formula is C18H33N3O6S. The highest BCUT2D eigenvalue weighted by Crippen LogP contribution is 2.33. The van der Waals surface area contributed by atoms with Crippen molar-refractivity contribution in [2.75, 3.05) is 58.5 Å². The molecule has 2 aliphatic rings. The molecule has 0 radical (unpaired) electrons. The Hall–Kier alpha value is -1.07. The van der Waals surface area contributed by atoms with Gasteiger partial charge in [-0.1, -0.05) is 6.42 Å². The van der Waals surface area contributed by atoms with Crippen molar-refractivity contribution in [2.24, 2.45) is 0 Å². The van der Waals surface area contributed by atoms with Crippen molar-refractivity contribution >= 4 is 23.7 Å². The van der Waals surface area contributed by atoms with Crippen LogP contribution in [-0.4, -0.2) is 92.9 Å². The number of urea groups is 1. The second-order valence-corrected chi connectivity index (χ2v) is 8.05. The fourth-order valence-corrected chi connectivity index (χ4v) is 4.78. The number of thioether (sulfide) groups is 1. The SMILES string of the molecule is O=C(CCCC[C@H]1SC[C@H]2NC(=O)N[C@H]21)NCCOCCOCCOCCO. The topological polar surface area (TPSA) is 118 Å². The van der Waals surface area contributed by atoms with E-state index in [1.165, 1.54) is 0 Å². The van der Waals surface area contributed by atoms with Gasteiger partial charge in [0.2, 0.25) is 5.91 Å². The number of hydrogen-bond acceptors (Lipinski definition) is 7. The van der Waals surface area contributed by atoms with Crippen molar-refractivity contribution in [1.82, 2.24) is 16.0 Å². The molecule has 3 amide bonds. The Morgan fingerprint density at radius 1 is 1.07 bits per heavy atom. The summed E-state index contributed by atoms with van der Waals surface area (Å²) in [5.41, 5.74) is 0. The summed E-state index contributed by atoms with van der Waals surface area (Å²) < 4.78 is 15.8. The minimum atomic E-state index is -0.0551. The van der Waals surface area contributed by atoms with Crippen LogP contribution in [0.25, 0.3) is 0 Å². The smallest absolute Gasteiger partial charge is 0.315 e. The Morgan fingerprint density at radius 3 is 2.54 bits per heavy atom. The maximum absolute atomic E-state index is 11.8. The molecular weight excluding hydrogens is 386 g/mol. The van der Waals surface area contributed by atoms with E-state index in [0.29, 0.717) is 57.9 Å². The largest absolute Gasteiger partial charge is 0.394 e. The van der Waals surface area contributed by atoms with Crippen LogP contribution < -0.4 is 16.0 Å². The van der Waals surface area contributed by atoms with E-state index in [9.17, 15) is 9.59 Å². The Labute approximate surface area is 170 Å². The zero-order valence-electron chi connectivity index (χ0n) is 16.3. The highest BCUT2D eigenvalue weighted by Gasteiger charge is 2.42. The van der Waals surface area contributed by atoms with E-state index >= 15 is 0 Å². The lowest BCUT2D eigenvalue weighted by Gasteiger charge is -2.16. The average molecular weight is 420 g/mol. The van der Waals surface area contributed by atoms with Gasteiger partial charge < -0.3 is 35.3 Å². The molecule has 162 valence electrons. The number of rotatable bonds is 16. The third-order valence-corrected chi connectivity index (χ3v) is 6.14. The Balaban J connectivity index is 1.34. The molecule has 0 aromatic rings. The normalized spacial score (nSPS) is 23.3. The van der Waals surface area contributed by atoms with Crippen molar-refractivity contribution < 1.29 is 28.9 Å². The van der Waals surface area contributed by atoms with Gasteiger partial charge in [-0.3, -0.25) is 4.79 Å². The minimum absolute atomic E-state index is 0.0205. The number of nitrogens with one attached hydrogen (secondary N) is 3. The van der Waals surface area contributed by atoms with E-state index in [1.807, 2.05) is 11.8 Å². The molecule has 2 fully saturated rings. The Morgan fingerprint density at radius 2 is 1.79 bits per heavy atom. The number of carbonyl (C=O) groups is 2. The van der Waals surface area contributed by atoms with Crippen LogP contribution in [0.15, 0.2) is 0 Å². The van der Waals surface area contributed by atoms with E-state index in [-0.39, 0.29) is 30.6 Å². The van der Waals surface area contributed by atoms with Crippen LogP contribution in [-0.2, 0) is 19.0 Å². The first-order valence-corrected chi connectivity index (χ1v) is 11.0. The number of ether oxygens (including phenoxy) is 3. The molecule has 10 heteroatoms. The van der Waals surface area contributed by atoms with Crippen LogP contribution in [0.3, 0.4) is 0 Å². The molecule has 4 N–H and O–H groups in total. The van der Waals surface area contributed by atoms with E-state index in [1.54, 1.807) is 0 Å². The first-order valence-electron chi connectivity index (χ1n) is 10.00. The van der Waals surface area contributed by atoms with Crippen LogP contribution in [0, 0.1) is 0 Å². The number of aliphatic hydroxyl groups excluding tert-OH is 1. The van der Waals surface area contributed by atoms with Gasteiger partial charge in [0.25, 0.3) is 0 Å². The number of carbonyl (C=O) groups excluding carboxylic acids is 2. The molecule has 9 nitrogen and oxygen atoms in total. The van der Waals surface area contributed by atoms with Gasteiger partial charge in [-0.15, -0.1) is 0 Å². The Kier molecular flexibility index (Phi) is 11.6. The first kappa shape index (κ1) is 23.2. The number of unbranched alkanes of at least 4 members (excludes halogenated alkanes) is 1. The molecule has 2 saturated heterocycles. The molecule has 0 saturated carbocycles. The van der Waals surface area contributed by atoms with Crippen LogP contribution >= 0.6 is 11.8 Å². The third kappa shape index (κ3) is 8.95. The van der Waals surface area contributed by atoms with Gasteiger partial charge in [-0.25, -0.2) is 4.79 Å². The van der Waals surface area contributed by atoms with E-state index in [0.717, 1.165) is 25.0 Å². The molecule has 0 aromatic carbocycles. The number of amides is 3. The molecule has 2 rings (SSSR count). The maximum atomic E-state index is 11.8. The summed E-state index contributed by atoms with van der Waals surface area (Å²) in [4.78, 5) is 23.2. The third-order valence-electron chi connectivity index (χ3n) is 4.63. The van der Waals surface area contributed by atoms with Gasteiger partial charge in [0.1, 0.15) is 0 Å². The van der Waals surface area contributed by atoms with Crippen LogP contribution in [0.5, 0.6) is 0 Å². The van der Waals surface area contributed by atoms with E-state index in [2.05, 4.69) is 16.0 Å². The molecule has 0 aliphatic carbocycles. The number of fused-ring (bicyclic) bond motifs is 1. The highest BCUT2D eigenvalue weighted by atomic mass is 32.2. The first-order chi connectivity index (χ1) is 13.7. The number of aliphatic hydroxyl groups is 1. The minimum Gasteiger partial charge on any atom is -0.394 e. The summed E-state index contributed by atoms with van der Waals surface area (Å²) in [6, 6.07) is 0.442. The van der Waals surface area contributed by atoms with Crippen molar-refractivity contribution in [2.45, 2.75) is 43.0 Å². The van der Waals surface area contributed by atoms with Gasteiger partial charge in [0.15, 0.2) is 0 Å². The lowest BCUT2D eigenvalue weighted by atomic mass is 10.0. The monoisotopic (exact) mass is 419 g/mol. The van der Waals surface area contributed by atoms with Crippen molar-refractivity contribution in [3.8, 4) is 0 Å². The van der Waals surface area contributed by atoms with E-state index in [4.69, 9.17) is 19.3 Å². The quantitative estimate of drug-likeness (QED) is 0.203. The lowest BCUT2D eigenvalue weighted by Crippen LogP contribution is -2.36. The predicted octanol–water partition coefficient (Wildman–Crippen LogP) is -0.129. The molecule has 0 bridgehead atoms. The predicted molar refractivity (Wildman–Crippen MR) is 107 cm³/mol. The maximum Gasteiger partial charge on any atom is 0.315 e. The van der Waals surface area contributed by atoms with Crippen LogP contribution in [0.4, 0.5) is 4.79 Å². The summed E-state index contributed by atoms with van der Waals surface area (Å²) in [6.07, 6.45) is 3.39. The standard InChI is InChI=1S/C18H33N3O6S/c22-6-8-26-10-12-27-11-9-25-7-5-19-16(23)4-2-1-3-15-17-14(13-28-15)20-18(24)21-17/h14-15,17,22H,1-13H2,(H,19,23)(H2,20,21,24)/t14-,15-,17-/m1/s1. The fourth-order valence-electron chi connectivity index (χ4n) is 3.23. The lowest BCUT2D eigenvalue weighted by molar-refractivity contribution is -0.121. The highest BCUT2D eigenvalue weighted by molar-refractivity contribution is 8.00. The summed E-state index contributed by atoms with van der Waals surface area (Å²) in [6.45, 7) is 3.20. The van der Waals surface area contributed by atoms with Crippen molar-refractivity contribution in [3.63, 3.8) is 0 Å². The van der Waals surface area contributed by atoms with Crippen LogP contribution in [0.2, 0.25) is 0 Å². The second-order valence-electron chi connectivity index (χ2n) is 6.78. The molecule has 0 aromatic heterocycles. The summed E-state index contributed by atoms with van der Waals surface area (Å²) in [7, 11) is 0. The zero-order valence-corrected chi connectivity index (χ0v) is 17.1. The van der Waals surface area contributed by atoms with Gasteiger partial charge in [0, 0.05) is 24.0 Å². The van der Waals surface area contributed by atoms with Gasteiger partial charge in [0.05, 0.1) is 58.3 Å². The molecule has 3 atom stereocenters.